The van der Waals surface area contributed by atoms with Crippen molar-refractivity contribution in [3.63, 3.8) is 0 Å². The largest absolute Gasteiger partial charge is 0.479 e. The van der Waals surface area contributed by atoms with Crippen molar-refractivity contribution in [3.05, 3.63) is 48.6 Å². The second-order valence-corrected chi connectivity index (χ2v) is 5.29. The predicted molar refractivity (Wildman–Crippen MR) is 77.6 cm³/mol. The fourth-order valence-corrected chi connectivity index (χ4v) is 2.65. The number of aliphatic hydroxyl groups excluding tert-OH is 1. The quantitative estimate of drug-likeness (QED) is 0.768. The van der Waals surface area contributed by atoms with Crippen molar-refractivity contribution in [2.24, 2.45) is 5.92 Å². The van der Waals surface area contributed by atoms with Gasteiger partial charge in [0.05, 0.1) is 6.04 Å². The summed E-state index contributed by atoms with van der Waals surface area (Å²) in [6.45, 7) is 4.08. The minimum Gasteiger partial charge on any atom is -0.479 e. The summed E-state index contributed by atoms with van der Waals surface area (Å²) >= 11 is 0. The molecule has 0 saturated carbocycles. The first-order valence-electron chi connectivity index (χ1n) is 6.89. The molecule has 21 heavy (non-hydrogen) atoms. The molecule has 1 heterocycles. The number of amides is 1. The number of hydrogen-bond donors (Lipinski definition) is 2. The van der Waals surface area contributed by atoms with Gasteiger partial charge in [0, 0.05) is 18.9 Å². The van der Waals surface area contributed by atoms with E-state index < -0.39 is 18.1 Å². The summed E-state index contributed by atoms with van der Waals surface area (Å²) in [5.41, 5.74) is 0.887. The summed E-state index contributed by atoms with van der Waals surface area (Å²) in [6.07, 6.45) is 0.730. The molecule has 5 nitrogen and oxygen atoms in total. The van der Waals surface area contributed by atoms with E-state index in [1.807, 2.05) is 30.3 Å². The highest BCUT2D eigenvalue weighted by molar-refractivity contribution is 5.81. The average Bonchev–Trinajstić information content (AvgIpc) is 2.86. The van der Waals surface area contributed by atoms with Crippen LogP contribution in [0.2, 0.25) is 0 Å². The summed E-state index contributed by atoms with van der Waals surface area (Å²) in [5.74, 6) is -1.44. The minimum absolute atomic E-state index is 0.0109. The molecule has 0 radical (unpaired) electrons. The van der Waals surface area contributed by atoms with Crippen molar-refractivity contribution in [3.8, 4) is 0 Å². The molecule has 1 aliphatic heterocycles. The van der Waals surface area contributed by atoms with Gasteiger partial charge in [-0.05, 0) is 12.0 Å². The lowest BCUT2D eigenvalue weighted by Gasteiger charge is -2.30. The van der Waals surface area contributed by atoms with Crippen LogP contribution in [-0.2, 0) is 16.0 Å². The molecule has 2 rings (SSSR count). The molecule has 5 heteroatoms. The number of benzene rings is 1. The number of carboxylic acid groups (broad SMARTS) is 1. The molecule has 1 aliphatic rings. The molecule has 1 aromatic rings. The van der Waals surface area contributed by atoms with E-state index in [0.717, 1.165) is 5.56 Å². The number of aliphatic carboxylic acids is 1. The van der Waals surface area contributed by atoms with Crippen LogP contribution >= 0.6 is 0 Å². The monoisotopic (exact) mass is 289 g/mol. The van der Waals surface area contributed by atoms with E-state index in [-0.39, 0.29) is 11.8 Å². The smallest absolute Gasteiger partial charge is 0.334 e. The van der Waals surface area contributed by atoms with Crippen LogP contribution in [0.1, 0.15) is 12.0 Å². The highest BCUT2D eigenvalue weighted by Gasteiger charge is 2.38. The molecule has 1 amide bonds. The first kappa shape index (κ1) is 15.3. The third kappa shape index (κ3) is 3.49. The number of likely N-dealkylation sites (tertiary alicyclic amines) is 1. The highest BCUT2D eigenvalue weighted by atomic mass is 16.4. The van der Waals surface area contributed by atoms with Crippen molar-refractivity contribution in [2.75, 3.05) is 6.54 Å². The van der Waals surface area contributed by atoms with Crippen molar-refractivity contribution in [1.82, 2.24) is 4.90 Å². The Labute approximate surface area is 123 Å². The Hall–Kier alpha value is -2.14. The fourth-order valence-electron chi connectivity index (χ4n) is 2.65. The van der Waals surface area contributed by atoms with Crippen molar-refractivity contribution < 1.29 is 19.8 Å². The molecular formula is C16H19NO4. The molecule has 0 bridgehead atoms. The first-order chi connectivity index (χ1) is 10.0. The van der Waals surface area contributed by atoms with Gasteiger partial charge in [0.1, 0.15) is 0 Å². The van der Waals surface area contributed by atoms with Crippen LogP contribution in [0, 0.1) is 5.92 Å². The Morgan fingerprint density at radius 2 is 2.10 bits per heavy atom. The average molecular weight is 289 g/mol. The SMILES string of the molecule is C=CC1CC(=O)N([C@H](Cc2ccccc2)[C@H](O)C(=O)O)C1. The number of carboxylic acids is 1. The Kier molecular flexibility index (Phi) is 4.75. The van der Waals surface area contributed by atoms with Crippen molar-refractivity contribution >= 4 is 11.9 Å². The van der Waals surface area contributed by atoms with Crippen LogP contribution in [0.25, 0.3) is 0 Å². The summed E-state index contributed by atoms with van der Waals surface area (Å²) in [7, 11) is 0. The number of nitrogens with zero attached hydrogens (tertiary/aromatic N) is 1. The lowest BCUT2D eigenvalue weighted by molar-refractivity contribution is -0.152. The maximum atomic E-state index is 12.1. The summed E-state index contributed by atoms with van der Waals surface area (Å²) in [5, 5.41) is 19.1. The van der Waals surface area contributed by atoms with E-state index in [2.05, 4.69) is 6.58 Å². The molecule has 0 spiro atoms. The molecule has 1 fully saturated rings. The van der Waals surface area contributed by atoms with E-state index in [1.54, 1.807) is 6.08 Å². The second-order valence-electron chi connectivity index (χ2n) is 5.29. The van der Waals surface area contributed by atoms with E-state index in [4.69, 9.17) is 5.11 Å². The zero-order valence-electron chi connectivity index (χ0n) is 11.7. The molecule has 112 valence electrons. The van der Waals surface area contributed by atoms with Crippen LogP contribution in [0.4, 0.5) is 0 Å². The van der Waals surface area contributed by atoms with Crippen LogP contribution in [0.3, 0.4) is 0 Å². The lowest BCUT2D eigenvalue weighted by Crippen LogP contribution is -2.49. The van der Waals surface area contributed by atoms with Crippen LogP contribution in [-0.4, -0.2) is 45.7 Å². The highest BCUT2D eigenvalue weighted by Crippen LogP contribution is 2.24. The second kappa shape index (κ2) is 6.54. The Bertz CT molecular complexity index is 528. The van der Waals surface area contributed by atoms with Gasteiger partial charge in [-0.1, -0.05) is 36.4 Å². The number of carbonyl (C=O) groups is 2. The summed E-state index contributed by atoms with van der Waals surface area (Å²) in [6, 6.07) is 8.50. The molecule has 1 unspecified atom stereocenters. The molecular weight excluding hydrogens is 270 g/mol. The summed E-state index contributed by atoms with van der Waals surface area (Å²) < 4.78 is 0. The first-order valence-corrected chi connectivity index (χ1v) is 6.89. The Balaban J connectivity index is 2.22. The lowest BCUT2D eigenvalue weighted by atomic mass is 9.99. The van der Waals surface area contributed by atoms with Gasteiger partial charge in [-0.2, -0.15) is 0 Å². The van der Waals surface area contributed by atoms with Crippen LogP contribution in [0.15, 0.2) is 43.0 Å². The topological polar surface area (TPSA) is 77.8 Å². The molecule has 0 aromatic heterocycles. The maximum absolute atomic E-state index is 12.1. The van der Waals surface area contributed by atoms with E-state index in [0.29, 0.717) is 19.4 Å². The molecule has 0 aliphatic carbocycles. The van der Waals surface area contributed by atoms with Crippen LogP contribution in [0.5, 0.6) is 0 Å². The van der Waals surface area contributed by atoms with Crippen molar-refractivity contribution in [1.29, 1.82) is 0 Å². The molecule has 1 aromatic carbocycles. The van der Waals surface area contributed by atoms with Gasteiger partial charge >= 0.3 is 5.97 Å². The zero-order chi connectivity index (χ0) is 15.4. The van der Waals surface area contributed by atoms with Gasteiger partial charge in [-0.3, -0.25) is 4.79 Å². The predicted octanol–water partition coefficient (Wildman–Crippen LogP) is 1.08. The number of carbonyl (C=O) groups excluding carboxylic acids is 1. The van der Waals surface area contributed by atoms with E-state index in [9.17, 15) is 14.7 Å². The maximum Gasteiger partial charge on any atom is 0.334 e. The Morgan fingerprint density at radius 3 is 2.62 bits per heavy atom. The van der Waals surface area contributed by atoms with Gasteiger partial charge in [0.2, 0.25) is 5.91 Å². The minimum atomic E-state index is -1.60. The normalized spacial score (nSPS) is 21.1. The third-order valence-corrected chi connectivity index (χ3v) is 3.83. The third-order valence-electron chi connectivity index (χ3n) is 3.83. The Morgan fingerprint density at radius 1 is 1.43 bits per heavy atom. The van der Waals surface area contributed by atoms with Gasteiger partial charge in [-0.15, -0.1) is 6.58 Å². The van der Waals surface area contributed by atoms with Gasteiger partial charge in [0.25, 0.3) is 0 Å². The van der Waals surface area contributed by atoms with Gasteiger partial charge < -0.3 is 15.1 Å². The fraction of sp³-hybridized carbons (Fsp3) is 0.375. The molecule has 2 N–H and O–H groups in total. The molecule has 3 atom stereocenters. The van der Waals surface area contributed by atoms with Crippen molar-refractivity contribution in [2.45, 2.75) is 25.0 Å². The standard InChI is InChI=1S/C16H19NO4/c1-2-11-9-14(18)17(10-11)13(15(19)16(20)21)8-12-6-4-3-5-7-12/h2-7,11,13,15,19H,1,8-10H2,(H,20,21)/t11?,13-,15+/m1/s1. The number of hydrogen-bond acceptors (Lipinski definition) is 3. The van der Waals surface area contributed by atoms with E-state index >= 15 is 0 Å². The van der Waals surface area contributed by atoms with Gasteiger partial charge in [-0.25, -0.2) is 4.79 Å². The van der Waals surface area contributed by atoms with Gasteiger partial charge in [0.15, 0.2) is 6.10 Å². The number of aliphatic hydroxyl groups is 1. The zero-order valence-corrected chi connectivity index (χ0v) is 11.7. The van der Waals surface area contributed by atoms with E-state index in [1.165, 1.54) is 4.90 Å². The van der Waals surface area contributed by atoms with Crippen LogP contribution < -0.4 is 0 Å². The molecule has 1 saturated heterocycles. The number of rotatable bonds is 6. The summed E-state index contributed by atoms with van der Waals surface area (Å²) in [4.78, 5) is 24.7.